The number of ether oxygens (including phenoxy) is 3. The number of esters is 2. The second-order valence-corrected chi connectivity index (χ2v) is 6.19. The van der Waals surface area contributed by atoms with Gasteiger partial charge in [0.05, 0.1) is 17.2 Å². The number of hydrogen-bond acceptors (Lipinski definition) is 5. The molecule has 0 N–H and O–H groups in total. The van der Waals surface area contributed by atoms with E-state index in [0.717, 1.165) is 0 Å². The molecule has 2 aromatic carbocycles. The van der Waals surface area contributed by atoms with Gasteiger partial charge in [0.1, 0.15) is 1.37 Å². The first-order valence-electron chi connectivity index (χ1n) is 9.17. The summed E-state index contributed by atoms with van der Waals surface area (Å²) in [5.74, 6) is -1.58. The van der Waals surface area contributed by atoms with Gasteiger partial charge >= 0.3 is 11.9 Å². The molecule has 1 aliphatic rings. The van der Waals surface area contributed by atoms with E-state index in [0.29, 0.717) is 17.5 Å². The summed E-state index contributed by atoms with van der Waals surface area (Å²) < 4.78 is 25.2. The Bertz CT molecular complexity index is 795. The molecule has 0 aliphatic carbocycles. The van der Waals surface area contributed by atoms with Crippen LogP contribution in [-0.2, 0) is 14.2 Å². The van der Waals surface area contributed by atoms with Crippen LogP contribution in [0.25, 0.3) is 0 Å². The highest BCUT2D eigenvalue weighted by Gasteiger charge is 2.46. The Labute approximate surface area is 154 Å². The van der Waals surface area contributed by atoms with Crippen molar-refractivity contribution in [3.8, 4) is 0 Å². The van der Waals surface area contributed by atoms with Gasteiger partial charge in [-0.3, -0.25) is 0 Å². The van der Waals surface area contributed by atoms with Crippen LogP contribution in [0.3, 0.4) is 0 Å². The predicted molar refractivity (Wildman–Crippen MR) is 95.6 cm³/mol. The quantitative estimate of drug-likeness (QED) is 0.763. The first-order valence-corrected chi connectivity index (χ1v) is 8.67. The maximum atomic E-state index is 12.5. The maximum Gasteiger partial charge on any atom is 0.340 e. The van der Waals surface area contributed by atoms with Gasteiger partial charge in [0.2, 0.25) is 6.27 Å². The third-order valence-corrected chi connectivity index (χ3v) is 4.41. The molecule has 0 bridgehead atoms. The number of hydrogen-bond donors (Lipinski definition) is 0. The molecule has 0 radical (unpaired) electrons. The van der Waals surface area contributed by atoms with Gasteiger partial charge < -0.3 is 14.2 Å². The lowest BCUT2D eigenvalue weighted by Gasteiger charge is -2.21. The average molecular weight is 355 g/mol. The highest BCUT2D eigenvalue weighted by atomic mass is 16.7. The fraction of sp³-hybridized carbons (Fsp3) is 0.333. The minimum atomic E-state index is -2.10. The molecule has 136 valence electrons. The first-order chi connectivity index (χ1) is 12.9. The number of benzene rings is 2. The molecule has 1 heterocycles. The molecule has 0 amide bonds. The van der Waals surface area contributed by atoms with Crippen molar-refractivity contribution in [3.63, 3.8) is 0 Å². The maximum absolute atomic E-state index is 12.5. The van der Waals surface area contributed by atoms with Crippen LogP contribution in [0.5, 0.6) is 0 Å². The molecule has 4 atom stereocenters. The first kappa shape index (κ1) is 16.8. The number of rotatable bonds is 5. The van der Waals surface area contributed by atoms with Crippen LogP contribution in [0.4, 0.5) is 0 Å². The Kier molecular flexibility index (Phi) is 5.26. The zero-order valence-corrected chi connectivity index (χ0v) is 14.8. The Hall–Kier alpha value is -2.66. The van der Waals surface area contributed by atoms with E-state index in [1.165, 1.54) is 0 Å². The van der Waals surface area contributed by atoms with Crippen molar-refractivity contribution in [2.45, 2.75) is 38.7 Å². The van der Waals surface area contributed by atoms with Gasteiger partial charge in [0.25, 0.3) is 0 Å². The van der Waals surface area contributed by atoms with Crippen molar-refractivity contribution in [2.75, 3.05) is 0 Å². The standard InChI is InChI=1S/C21H22O5/c1-3-17-14(2)18(25-19(22)15-10-6-4-7-11-15)21(24-17)26-20(23)16-12-8-5-9-13-16/h4-14,17-18,21H,3H2,1-2H3/t14-,17-,18?,21?/m1/s1/i21D. The lowest BCUT2D eigenvalue weighted by molar-refractivity contribution is -0.136. The lowest BCUT2D eigenvalue weighted by atomic mass is 9.99. The van der Waals surface area contributed by atoms with Gasteiger partial charge in [-0.15, -0.1) is 0 Å². The van der Waals surface area contributed by atoms with E-state index in [1.54, 1.807) is 60.7 Å². The van der Waals surface area contributed by atoms with Crippen LogP contribution < -0.4 is 0 Å². The zero-order chi connectivity index (χ0) is 19.4. The van der Waals surface area contributed by atoms with Gasteiger partial charge in [-0.25, -0.2) is 9.59 Å². The minimum absolute atomic E-state index is 0.300. The van der Waals surface area contributed by atoms with E-state index in [1.807, 2.05) is 13.8 Å². The second-order valence-electron chi connectivity index (χ2n) is 6.19. The topological polar surface area (TPSA) is 61.8 Å². The summed E-state index contributed by atoms with van der Waals surface area (Å²) in [6.07, 6.45) is -2.90. The van der Waals surface area contributed by atoms with Crippen LogP contribution in [0.2, 0.25) is 0 Å². The molecular formula is C21H22O5. The third-order valence-electron chi connectivity index (χ3n) is 4.41. The van der Waals surface area contributed by atoms with Gasteiger partial charge in [-0.1, -0.05) is 50.2 Å². The molecule has 1 aliphatic heterocycles. The fourth-order valence-electron chi connectivity index (χ4n) is 2.91. The van der Waals surface area contributed by atoms with Crippen molar-refractivity contribution in [3.05, 3.63) is 71.8 Å². The fourth-order valence-corrected chi connectivity index (χ4v) is 2.91. The largest absolute Gasteiger partial charge is 0.452 e. The molecule has 0 saturated carbocycles. The van der Waals surface area contributed by atoms with Crippen LogP contribution in [0.15, 0.2) is 60.7 Å². The highest BCUT2D eigenvalue weighted by Crippen LogP contribution is 2.33. The number of carbonyl (C=O) groups is 2. The van der Waals surface area contributed by atoms with Crippen LogP contribution in [-0.4, -0.2) is 30.4 Å². The van der Waals surface area contributed by atoms with Crippen molar-refractivity contribution in [1.29, 1.82) is 0 Å². The molecule has 5 heteroatoms. The monoisotopic (exact) mass is 355 g/mol. The van der Waals surface area contributed by atoms with Crippen molar-refractivity contribution in [2.24, 2.45) is 5.92 Å². The molecule has 5 nitrogen and oxygen atoms in total. The third kappa shape index (κ3) is 3.94. The van der Waals surface area contributed by atoms with Crippen molar-refractivity contribution >= 4 is 11.9 Å². The molecule has 0 spiro atoms. The highest BCUT2D eigenvalue weighted by molar-refractivity contribution is 5.90. The summed E-state index contributed by atoms with van der Waals surface area (Å²) in [4.78, 5) is 24.9. The Balaban J connectivity index is 1.82. The summed E-state index contributed by atoms with van der Waals surface area (Å²) in [5, 5.41) is 0. The molecule has 3 rings (SSSR count). The van der Waals surface area contributed by atoms with E-state index in [2.05, 4.69) is 0 Å². The van der Waals surface area contributed by atoms with Gasteiger partial charge in [0.15, 0.2) is 6.10 Å². The van der Waals surface area contributed by atoms with E-state index in [9.17, 15) is 9.59 Å². The summed E-state index contributed by atoms with van der Waals surface area (Å²) in [5.41, 5.74) is 0.662. The summed E-state index contributed by atoms with van der Waals surface area (Å²) >= 11 is 0. The summed E-state index contributed by atoms with van der Waals surface area (Å²) in [7, 11) is 0. The molecule has 0 aromatic heterocycles. The van der Waals surface area contributed by atoms with Crippen molar-refractivity contribution in [1.82, 2.24) is 0 Å². The Morgan fingerprint density at radius 3 is 1.96 bits per heavy atom. The summed E-state index contributed by atoms with van der Waals surface area (Å²) in [6, 6.07) is 16.9. The molecule has 2 unspecified atom stereocenters. The smallest absolute Gasteiger partial charge is 0.340 e. The second kappa shape index (κ2) is 8.15. The van der Waals surface area contributed by atoms with Crippen molar-refractivity contribution < 1.29 is 25.2 Å². The van der Waals surface area contributed by atoms with Gasteiger partial charge in [-0.2, -0.15) is 0 Å². The lowest BCUT2D eigenvalue weighted by Crippen LogP contribution is -2.35. The Morgan fingerprint density at radius 1 is 0.962 bits per heavy atom. The summed E-state index contributed by atoms with van der Waals surface area (Å²) in [6.45, 7) is 3.73. The molecule has 26 heavy (non-hydrogen) atoms. The minimum Gasteiger partial charge on any atom is -0.452 e. The van der Waals surface area contributed by atoms with E-state index in [-0.39, 0.29) is 12.0 Å². The zero-order valence-electron chi connectivity index (χ0n) is 15.8. The molecule has 1 fully saturated rings. The SMILES string of the molecule is [2H]C1(OC(=O)c2ccccc2)O[C@H](CC)[C@@H](C)C1OC(=O)c1ccccc1. The molecule has 1 saturated heterocycles. The van der Waals surface area contributed by atoms with Crippen LogP contribution >= 0.6 is 0 Å². The normalized spacial score (nSPS) is 28.2. The Morgan fingerprint density at radius 2 is 1.46 bits per heavy atom. The average Bonchev–Trinajstić information content (AvgIpc) is 2.93. The number of carbonyl (C=O) groups excluding carboxylic acids is 2. The predicted octanol–water partition coefficient (Wildman–Crippen LogP) is 3.84. The van der Waals surface area contributed by atoms with E-state index in [4.69, 9.17) is 15.6 Å². The van der Waals surface area contributed by atoms with E-state index >= 15 is 0 Å². The molecule has 2 aromatic rings. The van der Waals surface area contributed by atoms with Crippen LogP contribution in [0, 0.1) is 5.92 Å². The molecular weight excluding hydrogens is 332 g/mol. The van der Waals surface area contributed by atoms with Gasteiger partial charge in [-0.05, 0) is 30.7 Å². The van der Waals surface area contributed by atoms with Crippen LogP contribution in [0.1, 0.15) is 42.4 Å². The van der Waals surface area contributed by atoms with E-state index < -0.39 is 24.3 Å². The van der Waals surface area contributed by atoms with Gasteiger partial charge in [0, 0.05) is 5.92 Å².